The minimum atomic E-state index is -3.95. The van der Waals surface area contributed by atoms with E-state index in [4.69, 9.17) is 4.18 Å². The van der Waals surface area contributed by atoms with E-state index in [0.29, 0.717) is 6.54 Å². The number of carbonyl (C=O) groups excluding carboxylic acids is 1. The Morgan fingerprint density at radius 3 is 2.88 bits per heavy atom. The first-order valence-corrected chi connectivity index (χ1v) is 12.0. The minimum absolute atomic E-state index is 0.206. The van der Waals surface area contributed by atoms with E-state index in [1.54, 1.807) is 23.1 Å². The molecule has 0 aromatic carbocycles. The second-order valence-corrected chi connectivity index (χ2v) is 9.52. The lowest BCUT2D eigenvalue weighted by Gasteiger charge is -2.15. The van der Waals surface area contributed by atoms with E-state index in [2.05, 4.69) is 30.1 Å². The van der Waals surface area contributed by atoms with E-state index in [1.807, 2.05) is 19.1 Å². The Morgan fingerprint density at radius 2 is 2.12 bits per heavy atom. The van der Waals surface area contributed by atoms with Crippen molar-refractivity contribution in [3.8, 4) is 0 Å². The maximum absolute atomic E-state index is 13.1. The number of aliphatic hydroxyl groups excluding tert-OH is 1. The van der Waals surface area contributed by atoms with Crippen molar-refractivity contribution in [2.45, 2.75) is 44.6 Å². The lowest BCUT2D eigenvalue weighted by atomic mass is 10.1. The number of hydrogen-bond donors (Lipinski definition) is 3. The summed E-state index contributed by atoms with van der Waals surface area (Å²) < 4.78 is 32.0. The molecule has 3 aromatic heterocycles. The van der Waals surface area contributed by atoms with Gasteiger partial charge >= 0.3 is 10.3 Å². The SMILES string of the molecule is CNS(=O)(=O)O[C@@H]1C[C@H](Nc2ncncc2C(=O)c2ccn(Cc3cc(C)ccn3)n2)C[C@@H]1O. The van der Waals surface area contributed by atoms with Gasteiger partial charge in [0.25, 0.3) is 0 Å². The van der Waals surface area contributed by atoms with Crippen molar-refractivity contribution in [2.24, 2.45) is 0 Å². The van der Waals surface area contributed by atoms with Crippen LogP contribution in [0.15, 0.2) is 43.1 Å². The molecule has 13 heteroatoms. The monoisotopic (exact) mass is 487 g/mol. The molecule has 0 aliphatic heterocycles. The molecule has 3 aromatic rings. The van der Waals surface area contributed by atoms with E-state index in [-0.39, 0.29) is 41.7 Å². The third kappa shape index (κ3) is 5.62. The van der Waals surface area contributed by atoms with Gasteiger partial charge in [-0.25, -0.2) is 9.97 Å². The van der Waals surface area contributed by atoms with Gasteiger partial charge in [-0.15, -0.1) is 0 Å². The zero-order chi connectivity index (χ0) is 24.3. The standard InChI is InChI=1S/C21H25N7O5S/c1-13-3-5-24-15(7-13)11-28-6-4-17(27-28)20(30)16-10-23-12-25-21(16)26-14-8-18(29)19(9-14)33-34(31,32)22-2/h3-7,10,12,14,18-19,22,29H,8-9,11H2,1-2H3,(H,23,25,26)/t14-,18+,19-/m1/s1. The molecule has 0 amide bonds. The Morgan fingerprint density at radius 1 is 1.29 bits per heavy atom. The van der Waals surface area contributed by atoms with E-state index < -0.39 is 22.5 Å². The van der Waals surface area contributed by atoms with E-state index in [0.717, 1.165) is 11.3 Å². The summed E-state index contributed by atoms with van der Waals surface area (Å²) in [5.74, 6) is -0.104. The summed E-state index contributed by atoms with van der Waals surface area (Å²) in [6, 6.07) is 5.10. The average molecular weight is 488 g/mol. The molecule has 0 saturated heterocycles. The summed E-state index contributed by atoms with van der Waals surface area (Å²) >= 11 is 0. The molecule has 34 heavy (non-hydrogen) atoms. The van der Waals surface area contributed by atoms with Gasteiger partial charge in [0.2, 0.25) is 5.78 Å². The van der Waals surface area contributed by atoms with Crippen LogP contribution in [-0.2, 0) is 21.0 Å². The number of hydrogen-bond acceptors (Lipinski definition) is 10. The van der Waals surface area contributed by atoms with Gasteiger partial charge in [-0.2, -0.15) is 18.2 Å². The van der Waals surface area contributed by atoms with E-state index in [9.17, 15) is 18.3 Å². The Balaban J connectivity index is 1.46. The number of aryl methyl sites for hydroxylation is 1. The van der Waals surface area contributed by atoms with E-state index >= 15 is 0 Å². The van der Waals surface area contributed by atoms with Gasteiger partial charge in [0.1, 0.15) is 23.9 Å². The molecule has 1 fully saturated rings. The fourth-order valence-electron chi connectivity index (χ4n) is 3.77. The maximum atomic E-state index is 13.1. The van der Waals surface area contributed by atoms with Crippen LogP contribution in [0.1, 0.15) is 40.2 Å². The average Bonchev–Trinajstić information content (AvgIpc) is 3.40. The van der Waals surface area contributed by atoms with Crippen molar-refractivity contribution >= 4 is 21.9 Å². The smallest absolute Gasteiger partial charge is 0.335 e. The number of nitrogens with zero attached hydrogens (tertiary/aromatic N) is 5. The first-order valence-electron chi connectivity index (χ1n) is 10.6. The second kappa shape index (κ2) is 9.93. The number of anilines is 1. The Labute approximate surface area is 196 Å². The van der Waals surface area contributed by atoms with Gasteiger partial charge < -0.3 is 10.4 Å². The molecular weight excluding hydrogens is 462 g/mol. The highest BCUT2D eigenvalue weighted by Crippen LogP contribution is 2.27. The van der Waals surface area contributed by atoms with Gasteiger partial charge in [-0.3, -0.25) is 18.6 Å². The summed E-state index contributed by atoms with van der Waals surface area (Å²) in [4.78, 5) is 25.6. The van der Waals surface area contributed by atoms with E-state index in [1.165, 1.54) is 19.6 Å². The maximum Gasteiger partial charge on any atom is 0.335 e. The van der Waals surface area contributed by atoms with Crippen molar-refractivity contribution in [1.29, 1.82) is 0 Å². The predicted molar refractivity (Wildman–Crippen MR) is 121 cm³/mol. The van der Waals surface area contributed by atoms with Gasteiger partial charge in [-0.1, -0.05) is 0 Å². The molecule has 0 unspecified atom stereocenters. The summed E-state index contributed by atoms with van der Waals surface area (Å²) in [5.41, 5.74) is 2.34. The molecule has 3 atom stereocenters. The second-order valence-electron chi connectivity index (χ2n) is 8.01. The number of ketones is 1. The number of aliphatic hydroxyl groups is 1. The topological polar surface area (TPSA) is 161 Å². The highest BCUT2D eigenvalue weighted by Gasteiger charge is 2.37. The van der Waals surface area contributed by atoms with Crippen molar-refractivity contribution < 1.29 is 22.5 Å². The summed E-state index contributed by atoms with van der Waals surface area (Å²) in [5, 5.41) is 17.7. The van der Waals surface area contributed by atoms with Gasteiger partial charge in [0.15, 0.2) is 0 Å². The van der Waals surface area contributed by atoms with Crippen molar-refractivity contribution in [3.05, 3.63) is 65.6 Å². The first kappa shape index (κ1) is 23.9. The highest BCUT2D eigenvalue weighted by molar-refractivity contribution is 7.84. The van der Waals surface area contributed by atoms with Gasteiger partial charge in [-0.05, 0) is 43.5 Å². The Hall–Kier alpha value is -3.26. The zero-order valence-electron chi connectivity index (χ0n) is 18.6. The molecule has 0 bridgehead atoms. The van der Waals surface area contributed by atoms with Crippen LogP contribution in [0.4, 0.5) is 5.82 Å². The molecular formula is C21H25N7O5S. The first-order chi connectivity index (χ1) is 16.2. The summed E-state index contributed by atoms with van der Waals surface area (Å²) in [7, 11) is -2.72. The lowest BCUT2D eigenvalue weighted by Crippen LogP contribution is -2.31. The predicted octanol–water partition coefficient (Wildman–Crippen LogP) is 0.440. The highest BCUT2D eigenvalue weighted by atomic mass is 32.2. The normalized spacial score (nSPS) is 20.4. The zero-order valence-corrected chi connectivity index (χ0v) is 19.4. The van der Waals surface area contributed by atoms with Crippen LogP contribution in [0.5, 0.6) is 0 Å². The summed E-state index contributed by atoms with van der Waals surface area (Å²) in [6.07, 6.45) is 4.64. The number of nitrogens with one attached hydrogen (secondary N) is 2. The third-order valence-electron chi connectivity index (χ3n) is 5.44. The van der Waals surface area contributed by atoms with Crippen LogP contribution in [0, 0.1) is 6.92 Å². The largest absolute Gasteiger partial charge is 0.390 e. The molecule has 4 rings (SSSR count). The molecule has 1 saturated carbocycles. The van der Waals surface area contributed by atoms with Crippen LogP contribution < -0.4 is 10.0 Å². The third-order valence-corrected chi connectivity index (χ3v) is 6.44. The number of aromatic nitrogens is 5. The number of rotatable bonds is 9. The molecule has 0 spiro atoms. The number of carbonyl (C=O) groups is 1. The van der Waals surface area contributed by atoms with Crippen LogP contribution in [-0.4, -0.2) is 69.3 Å². The molecule has 180 valence electrons. The van der Waals surface area contributed by atoms with Crippen molar-refractivity contribution in [3.63, 3.8) is 0 Å². The Bertz CT molecular complexity index is 1280. The fraction of sp³-hybridized carbons (Fsp3) is 0.381. The fourth-order valence-corrected chi connectivity index (χ4v) is 4.40. The quantitative estimate of drug-likeness (QED) is 0.361. The van der Waals surface area contributed by atoms with Gasteiger partial charge in [0, 0.05) is 31.7 Å². The van der Waals surface area contributed by atoms with Crippen LogP contribution >= 0.6 is 0 Å². The van der Waals surface area contributed by atoms with Crippen LogP contribution in [0.25, 0.3) is 0 Å². The van der Waals surface area contributed by atoms with Crippen molar-refractivity contribution in [1.82, 2.24) is 29.5 Å². The molecule has 3 heterocycles. The molecule has 12 nitrogen and oxygen atoms in total. The summed E-state index contributed by atoms with van der Waals surface area (Å²) in [6.45, 7) is 2.40. The van der Waals surface area contributed by atoms with Crippen LogP contribution in [0.3, 0.4) is 0 Å². The van der Waals surface area contributed by atoms with Crippen molar-refractivity contribution in [2.75, 3.05) is 12.4 Å². The molecule has 1 aliphatic carbocycles. The Kier molecular flexibility index (Phi) is 6.97. The lowest BCUT2D eigenvalue weighted by molar-refractivity contribution is 0.0636. The van der Waals surface area contributed by atoms with Gasteiger partial charge in [0.05, 0.1) is 23.9 Å². The minimum Gasteiger partial charge on any atom is -0.390 e. The molecule has 1 aliphatic rings. The number of pyridine rings is 1. The molecule has 0 radical (unpaired) electrons. The van der Waals surface area contributed by atoms with Crippen LogP contribution in [0.2, 0.25) is 0 Å². The molecule has 3 N–H and O–H groups in total.